The number of nitrogens with one attached hydrogen (secondary N) is 2. The van der Waals surface area contributed by atoms with Crippen LogP contribution in [0.5, 0.6) is 0 Å². The summed E-state index contributed by atoms with van der Waals surface area (Å²) < 4.78 is 0. The van der Waals surface area contributed by atoms with Gasteiger partial charge in [-0.25, -0.2) is 4.79 Å². The van der Waals surface area contributed by atoms with E-state index in [-0.39, 0.29) is 18.1 Å². The summed E-state index contributed by atoms with van der Waals surface area (Å²) in [4.78, 5) is 21.6. The highest BCUT2D eigenvalue weighted by Crippen LogP contribution is 2.33. The van der Waals surface area contributed by atoms with Crippen LogP contribution in [0, 0.1) is 5.92 Å². The van der Waals surface area contributed by atoms with Crippen LogP contribution in [0.25, 0.3) is 0 Å². The highest BCUT2D eigenvalue weighted by molar-refractivity contribution is 5.76. The monoisotopic (exact) mass is 200 g/mol. The fraction of sp³-hybridized carbons (Fsp3) is 0.778. The SMILES string of the molecule is CC(CNC(=O)NC1(C)CC1)C(=O)O. The van der Waals surface area contributed by atoms with Gasteiger partial charge in [-0.3, -0.25) is 4.79 Å². The Hall–Kier alpha value is -1.26. The molecule has 1 fully saturated rings. The molecule has 5 heteroatoms. The van der Waals surface area contributed by atoms with E-state index >= 15 is 0 Å². The van der Waals surface area contributed by atoms with Crippen LogP contribution >= 0.6 is 0 Å². The first-order chi connectivity index (χ1) is 6.43. The second-order valence-electron chi connectivity index (χ2n) is 4.13. The normalized spacial score (nSPS) is 19.6. The van der Waals surface area contributed by atoms with E-state index in [1.54, 1.807) is 6.92 Å². The second kappa shape index (κ2) is 3.86. The molecule has 1 rings (SSSR count). The zero-order valence-electron chi connectivity index (χ0n) is 8.46. The summed E-state index contributed by atoms with van der Waals surface area (Å²) in [5, 5.41) is 13.9. The van der Waals surface area contributed by atoms with Gasteiger partial charge in [0.1, 0.15) is 0 Å². The summed E-state index contributed by atoms with van der Waals surface area (Å²) >= 11 is 0. The van der Waals surface area contributed by atoms with Gasteiger partial charge in [0, 0.05) is 12.1 Å². The molecule has 1 saturated carbocycles. The first-order valence-corrected chi connectivity index (χ1v) is 4.72. The molecule has 0 heterocycles. The molecule has 1 aliphatic carbocycles. The molecule has 0 bridgehead atoms. The van der Waals surface area contributed by atoms with Crippen LogP contribution < -0.4 is 10.6 Å². The van der Waals surface area contributed by atoms with Crippen molar-refractivity contribution in [2.24, 2.45) is 5.92 Å². The predicted molar refractivity (Wildman–Crippen MR) is 51.0 cm³/mol. The van der Waals surface area contributed by atoms with Crippen LogP contribution in [-0.4, -0.2) is 29.2 Å². The average molecular weight is 200 g/mol. The van der Waals surface area contributed by atoms with E-state index in [9.17, 15) is 9.59 Å². The molecule has 0 aromatic rings. The minimum atomic E-state index is -0.900. The molecule has 0 radical (unpaired) electrons. The van der Waals surface area contributed by atoms with Gasteiger partial charge in [0.2, 0.25) is 0 Å². The minimum Gasteiger partial charge on any atom is -0.481 e. The Morgan fingerprint density at radius 2 is 2.07 bits per heavy atom. The molecule has 0 aromatic carbocycles. The van der Waals surface area contributed by atoms with Crippen LogP contribution in [0.4, 0.5) is 4.79 Å². The van der Waals surface area contributed by atoms with Gasteiger partial charge in [-0.2, -0.15) is 0 Å². The highest BCUT2D eigenvalue weighted by atomic mass is 16.4. The number of urea groups is 1. The van der Waals surface area contributed by atoms with Crippen LogP contribution in [0.1, 0.15) is 26.7 Å². The third-order valence-corrected chi connectivity index (χ3v) is 2.41. The maximum Gasteiger partial charge on any atom is 0.315 e. The largest absolute Gasteiger partial charge is 0.481 e. The topological polar surface area (TPSA) is 78.4 Å². The number of carboxylic acid groups (broad SMARTS) is 1. The first-order valence-electron chi connectivity index (χ1n) is 4.72. The Kier molecular flexibility index (Phi) is 2.98. The number of hydrogen-bond donors (Lipinski definition) is 3. The fourth-order valence-corrected chi connectivity index (χ4v) is 0.964. The van der Waals surface area contributed by atoms with Gasteiger partial charge in [0.15, 0.2) is 0 Å². The summed E-state index contributed by atoms with van der Waals surface area (Å²) in [6.07, 6.45) is 1.99. The number of carboxylic acids is 1. The van der Waals surface area contributed by atoms with Crippen molar-refractivity contribution in [3.63, 3.8) is 0 Å². The van der Waals surface area contributed by atoms with Crippen molar-refractivity contribution in [1.29, 1.82) is 0 Å². The van der Waals surface area contributed by atoms with Crippen LogP contribution in [0.15, 0.2) is 0 Å². The van der Waals surface area contributed by atoms with E-state index < -0.39 is 11.9 Å². The molecule has 0 aromatic heterocycles. The van der Waals surface area contributed by atoms with Gasteiger partial charge in [-0.1, -0.05) is 6.92 Å². The van der Waals surface area contributed by atoms with E-state index in [0.29, 0.717) is 0 Å². The fourth-order valence-electron chi connectivity index (χ4n) is 0.964. The number of hydrogen-bond acceptors (Lipinski definition) is 2. The van der Waals surface area contributed by atoms with Crippen LogP contribution in [0.3, 0.4) is 0 Å². The van der Waals surface area contributed by atoms with Gasteiger partial charge in [-0.05, 0) is 19.8 Å². The summed E-state index contributed by atoms with van der Waals surface area (Å²) in [6.45, 7) is 3.69. The molecule has 1 unspecified atom stereocenters. The Morgan fingerprint density at radius 3 is 2.50 bits per heavy atom. The van der Waals surface area contributed by atoms with E-state index in [2.05, 4.69) is 10.6 Å². The van der Waals surface area contributed by atoms with Gasteiger partial charge < -0.3 is 15.7 Å². The van der Waals surface area contributed by atoms with Crippen molar-refractivity contribution < 1.29 is 14.7 Å². The summed E-state index contributed by atoms with van der Waals surface area (Å²) in [5.74, 6) is -1.45. The zero-order chi connectivity index (χ0) is 10.8. The van der Waals surface area contributed by atoms with E-state index in [4.69, 9.17) is 5.11 Å². The minimum absolute atomic E-state index is 0.0590. The number of amides is 2. The van der Waals surface area contributed by atoms with Crippen molar-refractivity contribution in [3.8, 4) is 0 Å². The van der Waals surface area contributed by atoms with Crippen molar-refractivity contribution in [1.82, 2.24) is 10.6 Å². The maximum absolute atomic E-state index is 11.2. The number of carbonyl (C=O) groups is 2. The summed E-state index contributed by atoms with van der Waals surface area (Å²) in [7, 11) is 0. The summed E-state index contributed by atoms with van der Waals surface area (Å²) in [5.41, 5.74) is -0.0590. The van der Waals surface area contributed by atoms with Crippen molar-refractivity contribution in [3.05, 3.63) is 0 Å². The number of aliphatic carboxylic acids is 1. The lowest BCUT2D eigenvalue weighted by Gasteiger charge is -2.13. The Balaban J connectivity index is 2.18. The molecular weight excluding hydrogens is 184 g/mol. The molecule has 80 valence electrons. The Morgan fingerprint density at radius 1 is 1.50 bits per heavy atom. The first kappa shape index (κ1) is 10.8. The van der Waals surface area contributed by atoms with Crippen LogP contribution in [0.2, 0.25) is 0 Å². The molecule has 1 aliphatic rings. The Labute approximate surface area is 82.9 Å². The highest BCUT2D eigenvalue weighted by Gasteiger charge is 2.38. The molecular formula is C9H16N2O3. The van der Waals surface area contributed by atoms with E-state index in [0.717, 1.165) is 12.8 Å². The maximum atomic E-state index is 11.2. The van der Waals surface area contributed by atoms with Gasteiger partial charge >= 0.3 is 12.0 Å². The van der Waals surface area contributed by atoms with Crippen molar-refractivity contribution >= 4 is 12.0 Å². The second-order valence-corrected chi connectivity index (χ2v) is 4.13. The molecule has 0 spiro atoms. The third kappa shape index (κ3) is 3.24. The van der Waals surface area contributed by atoms with E-state index in [1.807, 2.05) is 6.92 Å². The predicted octanol–water partition coefficient (Wildman–Crippen LogP) is 0.559. The molecule has 14 heavy (non-hydrogen) atoms. The lowest BCUT2D eigenvalue weighted by molar-refractivity contribution is -0.140. The average Bonchev–Trinajstić information content (AvgIpc) is 2.78. The van der Waals surface area contributed by atoms with Crippen molar-refractivity contribution in [2.75, 3.05) is 6.54 Å². The summed E-state index contributed by atoms with van der Waals surface area (Å²) in [6, 6.07) is -0.280. The molecule has 2 amide bonds. The molecule has 1 atom stereocenters. The Bertz CT molecular complexity index is 248. The molecule has 5 nitrogen and oxygen atoms in total. The van der Waals surface area contributed by atoms with Crippen LogP contribution in [-0.2, 0) is 4.79 Å². The standard InChI is InChI=1S/C9H16N2O3/c1-6(7(12)13)5-10-8(14)11-9(2)3-4-9/h6H,3-5H2,1-2H3,(H,12,13)(H2,10,11,14). The third-order valence-electron chi connectivity index (χ3n) is 2.41. The molecule has 0 saturated heterocycles. The van der Waals surface area contributed by atoms with Gasteiger partial charge in [0.25, 0.3) is 0 Å². The quantitative estimate of drug-likeness (QED) is 0.620. The number of carbonyl (C=O) groups excluding carboxylic acids is 1. The zero-order valence-corrected chi connectivity index (χ0v) is 8.46. The number of rotatable bonds is 4. The van der Waals surface area contributed by atoms with Crippen molar-refractivity contribution in [2.45, 2.75) is 32.2 Å². The molecule has 3 N–H and O–H groups in total. The van der Waals surface area contributed by atoms with Gasteiger partial charge in [-0.15, -0.1) is 0 Å². The van der Waals surface area contributed by atoms with E-state index in [1.165, 1.54) is 0 Å². The lowest BCUT2D eigenvalue weighted by atomic mass is 10.2. The molecule has 0 aliphatic heterocycles. The van der Waals surface area contributed by atoms with Gasteiger partial charge in [0.05, 0.1) is 5.92 Å². The smallest absolute Gasteiger partial charge is 0.315 e. The lowest BCUT2D eigenvalue weighted by Crippen LogP contribution is -2.44.